The minimum Gasteiger partial charge on any atom is -0.494 e. The lowest BCUT2D eigenvalue weighted by Crippen LogP contribution is -2.03. The predicted octanol–water partition coefficient (Wildman–Crippen LogP) is 7.59. The molecule has 0 radical (unpaired) electrons. The van der Waals surface area contributed by atoms with Crippen LogP contribution >= 0.6 is 0 Å². The van der Waals surface area contributed by atoms with Crippen LogP contribution in [0.2, 0.25) is 0 Å². The summed E-state index contributed by atoms with van der Waals surface area (Å²) < 4.78 is 11.5. The molecule has 2 nitrogen and oxygen atoms in total. The highest BCUT2D eigenvalue weighted by Crippen LogP contribution is 2.34. The van der Waals surface area contributed by atoms with Crippen molar-refractivity contribution in [3.63, 3.8) is 0 Å². The molecule has 4 aromatic rings. The number of carbonyl (C=O) groups excluding carboxylic acids is 1. The number of aldehydes is 1. The van der Waals surface area contributed by atoms with Gasteiger partial charge in [0.25, 0.3) is 0 Å². The molecule has 0 aliphatic rings. The van der Waals surface area contributed by atoms with Crippen molar-refractivity contribution < 1.29 is 9.16 Å². The lowest BCUT2D eigenvalue weighted by Gasteiger charge is -2.19. The molecular formula is C30H29O2+. The van der Waals surface area contributed by atoms with E-state index < -0.39 is 0 Å². The van der Waals surface area contributed by atoms with Crippen molar-refractivity contribution in [2.75, 3.05) is 6.61 Å². The predicted molar refractivity (Wildman–Crippen MR) is 132 cm³/mol. The van der Waals surface area contributed by atoms with E-state index in [1.807, 2.05) is 31.2 Å². The maximum Gasteiger partial charge on any atom is 0.352 e. The van der Waals surface area contributed by atoms with Gasteiger partial charge in [-0.2, -0.15) is 0 Å². The molecule has 4 aromatic carbocycles. The first kappa shape index (κ1) is 21.6. The summed E-state index contributed by atoms with van der Waals surface area (Å²) in [5, 5.41) is 0. The van der Waals surface area contributed by atoms with E-state index in [0.29, 0.717) is 6.61 Å². The number of rotatable bonds is 8. The van der Waals surface area contributed by atoms with Crippen LogP contribution in [0, 0.1) is 0 Å². The average Bonchev–Trinajstić information content (AvgIpc) is 2.86. The molecule has 0 heterocycles. The smallest absolute Gasteiger partial charge is 0.352 e. The zero-order chi connectivity index (χ0) is 22.2. The van der Waals surface area contributed by atoms with Crippen molar-refractivity contribution in [1.29, 1.82) is 0 Å². The molecule has 4 rings (SSSR count). The third-order valence-corrected chi connectivity index (χ3v) is 5.59. The SMILES string of the molecule is CCOc1ccc(C(c2ccccc2)c2ccc([O+]=Cc3ccc(CC)cc3)cc2)cc1. The number of aryl methyl sites for hydroxylation is 1. The largest absolute Gasteiger partial charge is 0.494 e. The molecule has 0 saturated heterocycles. The Kier molecular flexibility index (Phi) is 7.14. The van der Waals surface area contributed by atoms with E-state index >= 15 is 0 Å². The maximum absolute atomic E-state index is 5.91. The summed E-state index contributed by atoms with van der Waals surface area (Å²) in [4.78, 5) is 0. The quantitative estimate of drug-likeness (QED) is 0.163. The highest BCUT2D eigenvalue weighted by molar-refractivity contribution is 5.75. The van der Waals surface area contributed by atoms with Gasteiger partial charge in [0, 0.05) is 18.1 Å². The summed E-state index contributed by atoms with van der Waals surface area (Å²) in [5.41, 5.74) is 6.10. The van der Waals surface area contributed by atoms with Crippen LogP contribution in [0.25, 0.3) is 0 Å². The van der Waals surface area contributed by atoms with Crippen molar-refractivity contribution in [3.8, 4) is 11.5 Å². The van der Waals surface area contributed by atoms with E-state index in [1.165, 1.54) is 22.3 Å². The normalized spacial score (nSPS) is 12.1. The fourth-order valence-corrected chi connectivity index (χ4v) is 3.85. The zero-order valence-corrected chi connectivity index (χ0v) is 18.7. The van der Waals surface area contributed by atoms with Crippen LogP contribution in [-0.2, 0) is 6.42 Å². The van der Waals surface area contributed by atoms with E-state index in [9.17, 15) is 0 Å². The van der Waals surface area contributed by atoms with Crippen LogP contribution in [-0.4, -0.2) is 12.9 Å². The molecule has 2 heteroatoms. The summed E-state index contributed by atoms with van der Waals surface area (Å²) >= 11 is 0. The molecule has 160 valence electrons. The molecule has 0 aliphatic heterocycles. The van der Waals surface area contributed by atoms with Crippen LogP contribution < -0.4 is 4.74 Å². The molecule has 0 fully saturated rings. The van der Waals surface area contributed by atoms with Gasteiger partial charge in [-0.05, 0) is 72.0 Å². The van der Waals surface area contributed by atoms with Gasteiger partial charge in [-0.3, -0.25) is 0 Å². The first-order chi connectivity index (χ1) is 15.8. The van der Waals surface area contributed by atoms with Gasteiger partial charge in [0.15, 0.2) is 0 Å². The first-order valence-corrected chi connectivity index (χ1v) is 11.2. The van der Waals surface area contributed by atoms with Gasteiger partial charge in [-0.1, -0.05) is 61.5 Å². The molecule has 1 atom stereocenters. The summed E-state index contributed by atoms with van der Waals surface area (Å²) in [6.45, 7) is 4.83. The second kappa shape index (κ2) is 10.6. The average molecular weight is 422 g/mol. The second-order valence-corrected chi connectivity index (χ2v) is 7.75. The van der Waals surface area contributed by atoms with Crippen molar-refractivity contribution in [1.82, 2.24) is 0 Å². The second-order valence-electron chi connectivity index (χ2n) is 7.75. The minimum absolute atomic E-state index is 0.145. The number of hydrogen-bond donors (Lipinski definition) is 0. The monoisotopic (exact) mass is 421 g/mol. The lowest BCUT2D eigenvalue weighted by atomic mass is 9.85. The molecule has 0 N–H and O–H groups in total. The molecule has 0 aromatic heterocycles. The number of benzene rings is 4. The lowest BCUT2D eigenvalue weighted by molar-refractivity contribution is -0.158. The van der Waals surface area contributed by atoms with Crippen molar-refractivity contribution in [3.05, 3.63) is 131 Å². The Bertz CT molecular complexity index is 1130. The Morgan fingerprint density at radius 3 is 1.88 bits per heavy atom. The Balaban J connectivity index is 1.59. The number of hydrogen-bond acceptors (Lipinski definition) is 1. The van der Waals surface area contributed by atoms with E-state index in [1.54, 1.807) is 6.29 Å². The van der Waals surface area contributed by atoms with Crippen molar-refractivity contribution >= 4 is 6.29 Å². The van der Waals surface area contributed by atoms with Gasteiger partial charge in [0.1, 0.15) is 5.75 Å². The van der Waals surface area contributed by atoms with Gasteiger partial charge >= 0.3 is 12.0 Å². The molecule has 0 aliphatic carbocycles. The Morgan fingerprint density at radius 2 is 1.28 bits per heavy atom. The molecule has 0 spiro atoms. The molecule has 32 heavy (non-hydrogen) atoms. The van der Waals surface area contributed by atoms with Crippen LogP contribution in [0.15, 0.2) is 103 Å². The Hall–Kier alpha value is -3.65. The first-order valence-electron chi connectivity index (χ1n) is 11.2. The highest BCUT2D eigenvalue weighted by atomic mass is 16.5. The van der Waals surface area contributed by atoms with Crippen molar-refractivity contribution in [2.24, 2.45) is 0 Å². The van der Waals surface area contributed by atoms with Gasteiger partial charge in [-0.15, -0.1) is 0 Å². The fourth-order valence-electron chi connectivity index (χ4n) is 3.85. The Morgan fingerprint density at radius 1 is 0.688 bits per heavy atom. The molecule has 0 amide bonds. The van der Waals surface area contributed by atoms with Gasteiger partial charge in [0.2, 0.25) is 0 Å². The van der Waals surface area contributed by atoms with Crippen LogP contribution in [0.4, 0.5) is 0 Å². The summed E-state index contributed by atoms with van der Waals surface area (Å²) in [6, 6.07) is 35.8. The van der Waals surface area contributed by atoms with E-state index in [0.717, 1.165) is 23.5 Å². The van der Waals surface area contributed by atoms with Gasteiger partial charge in [0.05, 0.1) is 12.2 Å². The topological polar surface area (TPSA) is 20.5 Å². The van der Waals surface area contributed by atoms with Crippen LogP contribution in [0.3, 0.4) is 0 Å². The third-order valence-electron chi connectivity index (χ3n) is 5.59. The minimum atomic E-state index is 0.145. The summed E-state index contributed by atoms with van der Waals surface area (Å²) in [7, 11) is 0. The van der Waals surface area contributed by atoms with E-state index in [4.69, 9.17) is 9.16 Å². The highest BCUT2D eigenvalue weighted by Gasteiger charge is 2.17. The third kappa shape index (κ3) is 5.33. The molecule has 1 unspecified atom stereocenters. The Labute approximate surface area is 190 Å². The zero-order valence-electron chi connectivity index (χ0n) is 18.7. The molecule has 0 saturated carbocycles. The van der Waals surface area contributed by atoms with E-state index in [2.05, 4.69) is 85.8 Å². The van der Waals surface area contributed by atoms with Crippen LogP contribution in [0.5, 0.6) is 11.5 Å². The fraction of sp³-hybridized carbons (Fsp3) is 0.167. The van der Waals surface area contributed by atoms with Gasteiger partial charge in [-0.25, -0.2) is 4.42 Å². The molecule has 0 bridgehead atoms. The van der Waals surface area contributed by atoms with Crippen molar-refractivity contribution in [2.45, 2.75) is 26.2 Å². The van der Waals surface area contributed by atoms with Gasteiger partial charge < -0.3 is 4.74 Å². The maximum atomic E-state index is 5.91. The number of ether oxygens (including phenoxy) is 1. The summed E-state index contributed by atoms with van der Waals surface area (Å²) in [5.74, 6) is 1.87. The summed E-state index contributed by atoms with van der Waals surface area (Å²) in [6.07, 6.45) is 2.84. The molecular weight excluding hydrogens is 392 g/mol. The van der Waals surface area contributed by atoms with E-state index in [-0.39, 0.29) is 5.92 Å². The van der Waals surface area contributed by atoms with Crippen LogP contribution in [0.1, 0.15) is 52.0 Å². The standard InChI is InChI=1S/C30H29O2/c1-3-23-10-12-24(13-11-23)22-32-29-20-16-27(17-21-29)30(25-8-6-5-7-9-25)26-14-18-28(19-15-26)31-4-2/h5-22,30H,3-4H2,1-2H3/q+1.